The van der Waals surface area contributed by atoms with E-state index in [0.717, 1.165) is 21.9 Å². The number of nitrogens with zero attached hydrogens (tertiary/aromatic N) is 2. The zero-order valence-corrected chi connectivity index (χ0v) is 30.8. The highest BCUT2D eigenvalue weighted by atomic mass is 16.3. The van der Waals surface area contributed by atoms with Crippen molar-refractivity contribution in [3.63, 3.8) is 0 Å². The van der Waals surface area contributed by atoms with Crippen LogP contribution in [0.2, 0.25) is 0 Å². The fourth-order valence-corrected chi connectivity index (χ4v) is 9.88. The van der Waals surface area contributed by atoms with Crippen molar-refractivity contribution in [1.29, 1.82) is 0 Å². The second kappa shape index (κ2) is 11.5. The van der Waals surface area contributed by atoms with Gasteiger partial charge in [0.25, 0.3) is 0 Å². The van der Waals surface area contributed by atoms with Gasteiger partial charge in [-0.3, -0.25) is 0 Å². The van der Waals surface area contributed by atoms with E-state index >= 15 is 0 Å². The van der Waals surface area contributed by atoms with E-state index in [0.29, 0.717) is 0 Å². The van der Waals surface area contributed by atoms with Gasteiger partial charge in [-0.25, -0.2) is 0 Å². The number of fused-ring (bicyclic) bond motifs is 14. The molecule has 13 rings (SSSR count). The molecule has 0 amide bonds. The molecule has 1 aliphatic heterocycles. The standard InChI is InChI=1S/C54H32N2O/c1-2-14-35(15-3-1)55-47-24-9-6-18-38(47)44-30-33(28-29-49(44)55)34-31-45-37-17-5-4-16-36(37)41-22-12-23-42(40-21-13-27-51-52(40)43-20-8-11-26-50(43)57-51)53(41)56-48-25-10-7-19-39(48)46(32-34)54(45)56/h1-32H. The SMILES string of the molecule is c1ccc(-n2c3ccccc3c3cc(-c4cc5c6c(c4)c4ccccc4n6-c4c(cccc4-c4cccc6oc7ccccc7c46)-c4ccccc4-5)ccc32)cc1. The molecule has 3 nitrogen and oxygen atoms in total. The Labute approximate surface area is 327 Å². The van der Waals surface area contributed by atoms with Gasteiger partial charge in [-0.15, -0.1) is 0 Å². The lowest BCUT2D eigenvalue weighted by Gasteiger charge is -2.18. The second-order valence-corrected chi connectivity index (χ2v) is 15.2. The lowest BCUT2D eigenvalue weighted by atomic mass is 9.89. The molecule has 264 valence electrons. The molecular weight excluding hydrogens is 693 g/mol. The summed E-state index contributed by atoms with van der Waals surface area (Å²) in [7, 11) is 0. The van der Waals surface area contributed by atoms with Crippen LogP contribution in [0, 0.1) is 0 Å². The molecule has 12 aromatic rings. The average Bonchev–Trinajstić information content (AvgIpc) is 3.91. The molecule has 0 radical (unpaired) electrons. The second-order valence-electron chi connectivity index (χ2n) is 15.2. The summed E-state index contributed by atoms with van der Waals surface area (Å²) in [6.07, 6.45) is 0. The van der Waals surface area contributed by atoms with Crippen LogP contribution in [0.5, 0.6) is 0 Å². The molecule has 1 aliphatic rings. The maximum absolute atomic E-state index is 6.43. The Morgan fingerprint density at radius 3 is 1.70 bits per heavy atom. The van der Waals surface area contributed by atoms with Gasteiger partial charge >= 0.3 is 0 Å². The first kappa shape index (κ1) is 30.7. The van der Waals surface area contributed by atoms with Crippen LogP contribution in [-0.4, -0.2) is 9.13 Å². The molecule has 0 fully saturated rings. The molecule has 4 heterocycles. The zero-order valence-electron chi connectivity index (χ0n) is 30.8. The van der Waals surface area contributed by atoms with Gasteiger partial charge < -0.3 is 13.6 Å². The molecule has 0 saturated heterocycles. The summed E-state index contributed by atoms with van der Waals surface area (Å²) >= 11 is 0. The van der Waals surface area contributed by atoms with Crippen LogP contribution < -0.4 is 0 Å². The molecule has 0 unspecified atom stereocenters. The number of hydrogen-bond acceptors (Lipinski definition) is 1. The molecule has 0 N–H and O–H groups in total. The summed E-state index contributed by atoms with van der Waals surface area (Å²) in [5.74, 6) is 0. The summed E-state index contributed by atoms with van der Waals surface area (Å²) in [6, 6.07) is 70.9. The predicted molar refractivity (Wildman–Crippen MR) is 238 cm³/mol. The molecule has 3 aromatic heterocycles. The van der Waals surface area contributed by atoms with Gasteiger partial charge in [-0.1, -0.05) is 133 Å². The Morgan fingerprint density at radius 1 is 0.316 bits per heavy atom. The monoisotopic (exact) mass is 724 g/mol. The van der Waals surface area contributed by atoms with Crippen molar-refractivity contribution in [2.45, 2.75) is 0 Å². The van der Waals surface area contributed by atoms with Crippen LogP contribution in [-0.2, 0) is 0 Å². The van der Waals surface area contributed by atoms with Gasteiger partial charge in [0.15, 0.2) is 0 Å². The summed E-state index contributed by atoms with van der Waals surface area (Å²) in [5.41, 5.74) is 18.7. The number of benzene rings is 9. The molecule has 57 heavy (non-hydrogen) atoms. The Morgan fingerprint density at radius 2 is 0.877 bits per heavy atom. The Balaban J connectivity index is 1.13. The lowest BCUT2D eigenvalue weighted by Crippen LogP contribution is -1.99. The van der Waals surface area contributed by atoms with Gasteiger partial charge in [0.2, 0.25) is 0 Å². The van der Waals surface area contributed by atoms with Crippen molar-refractivity contribution in [2.24, 2.45) is 0 Å². The third kappa shape index (κ3) is 4.20. The molecule has 0 bridgehead atoms. The summed E-state index contributed by atoms with van der Waals surface area (Å²) in [6.45, 7) is 0. The highest BCUT2D eigenvalue weighted by Crippen LogP contribution is 2.51. The van der Waals surface area contributed by atoms with Crippen molar-refractivity contribution >= 4 is 65.6 Å². The maximum atomic E-state index is 6.43. The van der Waals surface area contributed by atoms with Crippen LogP contribution in [0.15, 0.2) is 199 Å². The molecule has 3 heteroatoms. The summed E-state index contributed by atoms with van der Waals surface area (Å²) in [4.78, 5) is 0. The highest BCUT2D eigenvalue weighted by Gasteiger charge is 2.28. The van der Waals surface area contributed by atoms with E-state index in [4.69, 9.17) is 4.42 Å². The molecular formula is C54H32N2O. The Bertz CT molecular complexity index is 3640. The minimum atomic E-state index is 0.900. The molecule has 0 aliphatic carbocycles. The Kier molecular flexibility index (Phi) is 6.16. The lowest BCUT2D eigenvalue weighted by molar-refractivity contribution is 0.669. The summed E-state index contributed by atoms with van der Waals surface area (Å²) in [5, 5.41) is 7.26. The van der Waals surface area contributed by atoms with Crippen molar-refractivity contribution in [1.82, 2.24) is 9.13 Å². The van der Waals surface area contributed by atoms with E-state index in [1.54, 1.807) is 0 Å². The largest absolute Gasteiger partial charge is 0.456 e. The number of aromatic nitrogens is 2. The van der Waals surface area contributed by atoms with Gasteiger partial charge in [-0.05, 0) is 88.5 Å². The first-order valence-corrected chi connectivity index (χ1v) is 19.6. The third-order valence-corrected chi connectivity index (χ3v) is 12.2. The predicted octanol–water partition coefficient (Wildman–Crippen LogP) is 14.8. The fourth-order valence-electron chi connectivity index (χ4n) is 9.88. The summed E-state index contributed by atoms with van der Waals surface area (Å²) < 4.78 is 11.4. The van der Waals surface area contributed by atoms with Crippen LogP contribution in [0.3, 0.4) is 0 Å². The number of para-hydroxylation sites is 5. The molecule has 0 atom stereocenters. The van der Waals surface area contributed by atoms with E-state index in [1.807, 2.05) is 6.07 Å². The van der Waals surface area contributed by atoms with Crippen molar-refractivity contribution < 1.29 is 4.42 Å². The fraction of sp³-hybridized carbons (Fsp3) is 0. The van der Waals surface area contributed by atoms with Crippen molar-refractivity contribution in [3.05, 3.63) is 194 Å². The minimum Gasteiger partial charge on any atom is -0.456 e. The van der Waals surface area contributed by atoms with E-state index < -0.39 is 0 Å². The minimum absolute atomic E-state index is 0.900. The third-order valence-electron chi connectivity index (χ3n) is 12.2. The van der Waals surface area contributed by atoms with Crippen molar-refractivity contribution in [2.75, 3.05) is 0 Å². The van der Waals surface area contributed by atoms with Crippen molar-refractivity contribution in [3.8, 4) is 55.9 Å². The zero-order chi connectivity index (χ0) is 37.2. The normalized spacial score (nSPS) is 12.2. The first-order valence-electron chi connectivity index (χ1n) is 19.6. The first-order chi connectivity index (χ1) is 28.3. The smallest absolute Gasteiger partial charge is 0.136 e. The molecule has 0 spiro atoms. The highest BCUT2D eigenvalue weighted by molar-refractivity contribution is 6.20. The number of hydrogen-bond donors (Lipinski definition) is 0. The number of rotatable bonds is 3. The van der Waals surface area contributed by atoms with E-state index in [-0.39, 0.29) is 0 Å². The van der Waals surface area contributed by atoms with E-state index in [1.165, 1.54) is 99.5 Å². The van der Waals surface area contributed by atoms with Crippen LogP contribution >= 0.6 is 0 Å². The quantitative estimate of drug-likeness (QED) is 0.178. The van der Waals surface area contributed by atoms with Gasteiger partial charge in [-0.2, -0.15) is 0 Å². The molecule has 0 saturated carbocycles. The van der Waals surface area contributed by atoms with Crippen LogP contribution in [0.4, 0.5) is 0 Å². The van der Waals surface area contributed by atoms with Gasteiger partial charge in [0.05, 0.1) is 27.8 Å². The van der Waals surface area contributed by atoms with E-state index in [9.17, 15) is 0 Å². The molecule has 9 aromatic carbocycles. The van der Waals surface area contributed by atoms with Gasteiger partial charge in [0, 0.05) is 54.7 Å². The maximum Gasteiger partial charge on any atom is 0.136 e. The van der Waals surface area contributed by atoms with Crippen LogP contribution in [0.25, 0.3) is 121 Å². The van der Waals surface area contributed by atoms with Crippen LogP contribution in [0.1, 0.15) is 0 Å². The Hall–Kier alpha value is -7.62. The number of furan rings is 1. The topological polar surface area (TPSA) is 23.0 Å². The average molecular weight is 725 g/mol. The van der Waals surface area contributed by atoms with E-state index in [2.05, 4.69) is 197 Å². The van der Waals surface area contributed by atoms with Gasteiger partial charge in [0.1, 0.15) is 11.2 Å².